The van der Waals surface area contributed by atoms with E-state index in [0.717, 1.165) is 22.2 Å². The molecule has 0 radical (unpaired) electrons. The summed E-state index contributed by atoms with van der Waals surface area (Å²) in [6, 6.07) is 12.9. The van der Waals surface area contributed by atoms with Crippen molar-refractivity contribution in [3.63, 3.8) is 0 Å². The molecule has 0 fully saturated rings. The molecule has 0 bridgehead atoms. The molecule has 2 aromatic rings. The van der Waals surface area contributed by atoms with Gasteiger partial charge >= 0.3 is 0 Å². The van der Waals surface area contributed by atoms with Crippen LogP contribution in [0.25, 0.3) is 0 Å². The number of carbonyl (C=O) groups excluding carboxylic acids is 1. The molecule has 1 amide bonds. The number of carbonyl (C=O) groups is 1. The van der Waals surface area contributed by atoms with Crippen molar-refractivity contribution in [1.29, 1.82) is 0 Å². The van der Waals surface area contributed by atoms with E-state index in [1.807, 2.05) is 30.3 Å². The number of hydrogen-bond acceptors (Lipinski definition) is 3. The molecule has 0 aliphatic rings. The van der Waals surface area contributed by atoms with Crippen molar-refractivity contribution in [3.8, 4) is 11.5 Å². The number of benzene rings is 2. The smallest absolute Gasteiger partial charge is 0.251 e. The first-order valence-corrected chi connectivity index (χ1v) is 8.26. The van der Waals surface area contributed by atoms with Crippen molar-refractivity contribution in [2.75, 3.05) is 13.7 Å². The van der Waals surface area contributed by atoms with Gasteiger partial charge in [0.1, 0.15) is 0 Å². The third kappa shape index (κ3) is 4.99. The van der Waals surface area contributed by atoms with Gasteiger partial charge in [0.05, 0.1) is 13.7 Å². The molecule has 0 unspecified atom stereocenters. The summed E-state index contributed by atoms with van der Waals surface area (Å²) in [5, 5.41) is 2.90. The van der Waals surface area contributed by atoms with Crippen LogP contribution in [0, 0.1) is 0 Å². The van der Waals surface area contributed by atoms with E-state index in [9.17, 15) is 4.79 Å². The van der Waals surface area contributed by atoms with E-state index in [2.05, 4.69) is 28.2 Å². The highest BCUT2D eigenvalue weighted by molar-refractivity contribution is 9.10. The van der Waals surface area contributed by atoms with Crippen LogP contribution in [0.4, 0.5) is 0 Å². The predicted molar refractivity (Wildman–Crippen MR) is 94.1 cm³/mol. The highest BCUT2D eigenvalue weighted by Crippen LogP contribution is 2.28. The van der Waals surface area contributed by atoms with Crippen LogP contribution in [-0.4, -0.2) is 19.6 Å². The van der Waals surface area contributed by atoms with Crippen molar-refractivity contribution in [1.82, 2.24) is 5.32 Å². The fraction of sp³-hybridized carbons (Fsp3) is 0.278. The lowest BCUT2D eigenvalue weighted by atomic mass is 10.1. The van der Waals surface area contributed by atoms with E-state index in [4.69, 9.17) is 9.47 Å². The minimum Gasteiger partial charge on any atom is -0.493 e. The average Bonchev–Trinajstić information content (AvgIpc) is 2.58. The summed E-state index contributed by atoms with van der Waals surface area (Å²) >= 11 is 3.35. The van der Waals surface area contributed by atoms with Gasteiger partial charge < -0.3 is 14.8 Å². The fourth-order valence-corrected chi connectivity index (χ4v) is 2.30. The van der Waals surface area contributed by atoms with Crippen LogP contribution in [-0.2, 0) is 6.54 Å². The normalized spacial score (nSPS) is 10.2. The standard InChI is InChI=1S/C18H20BrNO3/c1-3-10-23-16-9-4-13(11-17(16)22-2)12-20-18(21)14-5-7-15(19)8-6-14/h4-9,11H,3,10,12H2,1-2H3,(H,20,21). The van der Waals surface area contributed by atoms with E-state index >= 15 is 0 Å². The van der Waals surface area contributed by atoms with Gasteiger partial charge in [-0.05, 0) is 48.4 Å². The maximum atomic E-state index is 12.1. The summed E-state index contributed by atoms with van der Waals surface area (Å²) in [7, 11) is 1.61. The Labute approximate surface area is 144 Å². The molecule has 1 N–H and O–H groups in total. The van der Waals surface area contributed by atoms with Crippen LogP contribution in [0.15, 0.2) is 46.9 Å². The van der Waals surface area contributed by atoms with Gasteiger partial charge in [0.2, 0.25) is 0 Å². The molecule has 0 aliphatic carbocycles. The maximum absolute atomic E-state index is 12.1. The highest BCUT2D eigenvalue weighted by atomic mass is 79.9. The van der Waals surface area contributed by atoms with E-state index in [0.29, 0.717) is 24.5 Å². The van der Waals surface area contributed by atoms with Crippen LogP contribution < -0.4 is 14.8 Å². The Hall–Kier alpha value is -2.01. The number of ether oxygens (including phenoxy) is 2. The van der Waals surface area contributed by atoms with Gasteiger partial charge in [-0.25, -0.2) is 0 Å². The summed E-state index contributed by atoms with van der Waals surface area (Å²) in [6.07, 6.45) is 0.939. The molecule has 0 spiro atoms. The topological polar surface area (TPSA) is 47.6 Å². The van der Waals surface area contributed by atoms with Gasteiger partial charge in [-0.3, -0.25) is 4.79 Å². The second kappa shape index (κ2) is 8.58. The fourth-order valence-electron chi connectivity index (χ4n) is 2.04. The van der Waals surface area contributed by atoms with Crippen LogP contribution in [0.1, 0.15) is 29.3 Å². The van der Waals surface area contributed by atoms with Gasteiger partial charge in [0.15, 0.2) is 11.5 Å². The highest BCUT2D eigenvalue weighted by Gasteiger charge is 2.08. The summed E-state index contributed by atoms with van der Waals surface area (Å²) in [5.41, 5.74) is 1.58. The van der Waals surface area contributed by atoms with Gasteiger partial charge in [0, 0.05) is 16.6 Å². The Kier molecular flexibility index (Phi) is 6.47. The Morgan fingerprint density at radius 1 is 1.13 bits per heavy atom. The number of rotatable bonds is 7. The summed E-state index contributed by atoms with van der Waals surface area (Å²) in [4.78, 5) is 12.1. The minimum atomic E-state index is -0.109. The van der Waals surface area contributed by atoms with Crippen molar-refractivity contribution < 1.29 is 14.3 Å². The molecule has 23 heavy (non-hydrogen) atoms. The van der Waals surface area contributed by atoms with Gasteiger partial charge in [-0.1, -0.05) is 28.9 Å². The van der Waals surface area contributed by atoms with Crippen LogP contribution in [0.5, 0.6) is 11.5 Å². The van der Waals surface area contributed by atoms with E-state index in [-0.39, 0.29) is 5.91 Å². The summed E-state index contributed by atoms with van der Waals surface area (Å²) in [6.45, 7) is 3.13. The monoisotopic (exact) mass is 377 g/mol. The Morgan fingerprint density at radius 2 is 1.87 bits per heavy atom. The molecular weight excluding hydrogens is 358 g/mol. The molecule has 5 heteroatoms. The summed E-state index contributed by atoms with van der Waals surface area (Å²) < 4.78 is 11.9. The van der Waals surface area contributed by atoms with Gasteiger partial charge in [-0.15, -0.1) is 0 Å². The van der Waals surface area contributed by atoms with Gasteiger partial charge in [0.25, 0.3) is 5.91 Å². The first-order valence-electron chi connectivity index (χ1n) is 7.47. The van der Waals surface area contributed by atoms with Crippen molar-refractivity contribution in [2.45, 2.75) is 19.9 Å². The number of nitrogens with one attached hydrogen (secondary N) is 1. The molecule has 2 aromatic carbocycles. The largest absolute Gasteiger partial charge is 0.493 e. The lowest BCUT2D eigenvalue weighted by Crippen LogP contribution is -2.22. The molecule has 0 aliphatic heterocycles. The van der Waals surface area contributed by atoms with E-state index in [1.165, 1.54) is 0 Å². The van der Waals surface area contributed by atoms with Crippen LogP contribution >= 0.6 is 15.9 Å². The minimum absolute atomic E-state index is 0.109. The maximum Gasteiger partial charge on any atom is 0.251 e. The molecule has 0 aromatic heterocycles. The molecule has 0 saturated carbocycles. The SMILES string of the molecule is CCCOc1ccc(CNC(=O)c2ccc(Br)cc2)cc1OC. The molecule has 0 atom stereocenters. The zero-order valence-corrected chi connectivity index (χ0v) is 14.9. The second-order valence-corrected chi connectivity index (χ2v) is 5.94. The van der Waals surface area contributed by atoms with Crippen molar-refractivity contribution in [3.05, 3.63) is 58.1 Å². The van der Waals surface area contributed by atoms with E-state index in [1.54, 1.807) is 19.2 Å². The Balaban J connectivity index is 1.99. The lowest BCUT2D eigenvalue weighted by molar-refractivity contribution is 0.0951. The van der Waals surface area contributed by atoms with Crippen molar-refractivity contribution >= 4 is 21.8 Å². The zero-order chi connectivity index (χ0) is 16.7. The quantitative estimate of drug-likeness (QED) is 0.787. The molecule has 2 rings (SSSR count). The number of hydrogen-bond donors (Lipinski definition) is 1. The number of methoxy groups -OCH3 is 1. The molecular formula is C18H20BrNO3. The predicted octanol–water partition coefficient (Wildman–Crippen LogP) is 4.18. The lowest BCUT2D eigenvalue weighted by Gasteiger charge is -2.12. The Bertz CT molecular complexity index is 656. The zero-order valence-electron chi connectivity index (χ0n) is 13.3. The number of amides is 1. The number of halogens is 1. The van der Waals surface area contributed by atoms with E-state index < -0.39 is 0 Å². The first kappa shape index (κ1) is 17.3. The second-order valence-electron chi connectivity index (χ2n) is 5.02. The van der Waals surface area contributed by atoms with Crippen LogP contribution in [0.2, 0.25) is 0 Å². The molecule has 0 saturated heterocycles. The summed E-state index contributed by atoms with van der Waals surface area (Å²) in [5.74, 6) is 1.29. The third-order valence-electron chi connectivity index (χ3n) is 3.25. The van der Waals surface area contributed by atoms with Crippen molar-refractivity contribution in [2.24, 2.45) is 0 Å². The van der Waals surface area contributed by atoms with Crippen LogP contribution in [0.3, 0.4) is 0 Å². The molecule has 122 valence electrons. The first-order chi connectivity index (χ1) is 11.1. The van der Waals surface area contributed by atoms with Gasteiger partial charge in [-0.2, -0.15) is 0 Å². The third-order valence-corrected chi connectivity index (χ3v) is 3.78. The molecule has 0 heterocycles. The Morgan fingerprint density at radius 3 is 2.52 bits per heavy atom. The molecule has 4 nitrogen and oxygen atoms in total. The average molecular weight is 378 g/mol.